The first-order valence-electron chi connectivity index (χ1n) is 6.19. The SMILES string of the molecule is CCC(C)(C)C(=O)N1CCC1c1ncc(C)s1. The minimum Gasteiger partial charge on any atom is -0.333 e. The van der Waals surface area contributed by atoms with Crippen LogP contribution < -0.4 is 0 Å². The molecule has 2 rings (SSSR count). The van der Waals surface area contributed by atoms with Gasteiger partial charge in [-0.15, -0.1) is 11.3 Å². The second kappa shape index (κ2) is 4.41. The van der Waals surface area contributed by atoms with Crippen molar-refractivity contribution >= 4 is 17.2 Å². The fraction of sp³-hybridized carbons (Fsp3) is 0.692. The highest BCUT2D eigenvalue weighted by Gasteiger charge is 2.40. The van der Waals surface area contributed by atoms with Gasteiger partial charge in [-0.05, 0) is 19.8 Å². The number of likely N-dealkylation sites (tertiary alicyclic amines) is 1. The molecule has 0 N–H and O–H groups in total. The number of aryl methyl sites for hydroxylation is 1. The van der Waals surface area contributed by atoms with E-state index >= 15 is 0 Å². The third kappa shape index (κ3) is 2.23. The van der Waals surface area contributed by atoms with Crippen LogP contribution in [0.3, 0.4) is 0 Å². The maximum Gasteiger partial charge on any atom is 0.228 e. The summed E-state index contributed by atoms with van der Waals surface area (Å²) in [5.41, 5.74) is -0.245. The van der Waals surface area contributed by atoms with Crippen molar-refractivity contribution in [2.24, 2.45) is 5.41 Å². The smallest absolute Gasteiger partial charge is 0.228 e. The maximum atomic E-state index is 12.4. The van der Waals surface area contributed by atoms with E-state index in [1.807, 2.05) is 24.9 Å². The summed E-state index contributed by atoms with van der Waals surface area (Å²) in [6.07, 6.45) is 3.83. The predicted octanol–water partition coefficient (Wildman–Crippen LogP) is 3.16. The van der Waals surface area contributed by atoms with Gasteiger partial charge in [0.1, 0.15) is 5.01 Å². The highest BCUT2D eigenvalue weighted by Crippen LogP contribution is 2.39. The number of amides is 1. The molecule has 3 nitrogen and oxygen atoms in total. The zero-order valence-electron chi connectivity index (χ0n) is 11.0. The monoisotopic (exact) mass is 252 g/mol. The molecule has 0 saturated carbocycles. The van der Waals surface area contributed by atoms with Crippen molar-refractivity contribution in [3.05, 3.63) is 16.1 Å². The first kappa shape index (κ1) is 12.6. The molecule has 0 spiro atoms. The first-order valence-corrected chi connectivity index (χ1v) is 7.00. The van der Waals surface area contributed by atoms with Crippen LogP contribution in [0.2, 0.25) is 0 Å². The van der Waals surface area contributed by atoms with Gasteiger partial charge in [0, 0.05) is 23.0 Å². The van der Waals surface area contributed by atoms with E-state index < -0.39 is 0 Å². The van der Waals surface area contributed by atoms with Gasteiger partial charge >= 0.3 is 0 Å². The summed E-state index contributed by atoms with van der Waals surface area (Å²) >= 11 is 1.71. The Hall–Kier alpha value is -0.900. The van der Waals surface area contributed by atoms with Gasteiger partial charge in [-0.3, -0.25) is 4.79 Å². The molecule has 1 amide bonds. The number of carbonyl (C=O) groups is 1. The number of thiazole rings is 1. The van der Waals surface area contributed by atoms with Crippen molar-refractivity contribution in [3.8, 4) is 0 Å². The van der Waals surface area contributed by atoms with Crippen LogP contribution in [0.5, 0.6) is 0 Å². The van der Waals surface area contributed by atoms with Gasteiger partial charge in [0.25, 0.3) is 0 Å². The van der Waals surface area contributed by atoms with Crippen LogP contribution in [0.15, 0.2) is 6.20 Å². The second-order valence-corrected chi connectivity index (χ2v) is 6.62. The summed E-state index contributed by atoms with van der Waals surface area (Å²) in [5.74, 6) is 0.268. The zero-order valence-corrected chi connectivity index (χ0v) is 11.8. The lowest BCUT2D eigenvalue weighted by Gasteiger charge is -2.43. The van der Waals surface area contributed by atoms with Crippen LogP contribution >= 0.6 is 11.3 Å². The van der Waals surface area contributed by atoms with Crippen molar-refractivity contribution in [3.63, 3.8) is 0 Å². The number of hydrogen-bond acceptors (Lipinski definition) is 3. The van der Waals surface area contributed by atoms with Crippen LogP contribution in [0, 0.1) is 12.3 Å². The molecule has 0 aliphatic carbocycles. The van der Waals surface area contributed by atoms with Gasteiger partial charge in [0.05, 0.1) is 6.04 Å². The highest BCUT2D eigenvalue weighted by molar-refractivity contribution is 7.11. The predicted molar refractivity (Wildman–Crippen MR) is 70.0 cm³/mol. The minimum atomic E-state index is -0.245. The fourth-order valence-corrected chi connectivity index (χ4v) is 2.88. The Morgan fingerprint density at radius 3 is 2.76 bits per heavy atom. The van der Waals surface area contributed by atoms with E-state index in [-0.39, 0.29) is 17.4 Å². The molecule has 1 fully saturated rings. The molecule has 1 aliphatic rings. The van der Waals surface area contributed by atoms with E-state index in [2.05, 4.69) is 18.8 Å². The second-order valence-electron chi connectivity index (χ2n) is 5.35. The van der Waals surface area contributed by atoms with E-state index in [1.54, 1.807) is 11.3 Å². The van der Waals surface area contributed by atoms with Crippen molar-refractivity contribution in [1.29, 1.82) is 0 Å². The van der Waals surface area contributed by atoms with Gasteiger partial charge in [-0.25, -0.2) is 4.98 Å². The van der Waals surface area contributed by atoms with Crippen LogP contribution in [0.25, 0.3) is 0 Å². The normalized spacial score (nSPS) is 20.2. The first-order chi connectivity index (χ1) is 7.95. The molecule has 0 bridgehead atoms. The molecule has 1 aromatic rings. The van der Waals surface area contributed by atoms with Crippen LogP contribution in [0.4, 0.5) is 0 Å². The molecule has 0 radical (unpaired) electrons. The summed E-state index contributed by atoms with van der Waals surface area (Å²) < 4.78 is 0. The molecule has 4 heteroatoms. The fourth-order valence-electron chi connectivity index (χ4n) is 1.95. The standard InChI is InChI=1S/C13H20N2OS/c1-5-13(3,4)12(16)15-7-6-10(15)11-14-8-9(2)17-11/h8,10H,5-7H2,1-4H3. The molecule has 0 aromatic carbocycles. The van der Waals surface area contributed by atoms with Gasteiger partial charge in [-0.1, -0.05) is 20.8 Å². The van der Waals surface area contributed by atoms with Gasteiger partial charge in [0.2, 0.25) is 5.91 Å². The quantitative estimate of drug-likeness (QED) is 0.828. The van der Waals surface area contributed by atoms with Crippen LogP contribution in [0.1, 0.15) is 49.5 Å². The lowest BCUT2D eigenvalue weighted by atomic mass is 9.86. The van der Waals surface area contributed by atoms with Crippen molar-refractivity contribution < 1.29 is 4.79 Å². The van der Waals surface area contributed by atoms with Crippen LogP contribution in [-0.4, -0.2) is 22.3 Å². The Morgan fingerprint density at radius 1 is 1.65 bits per heavy atom. The Labute approximate surface area is 107 Å². The van der Waals surface area contributed by atoms with Gasteiger partial charge in [-0.2, -0.15) is 0 Å². The van der Waals surface area contributed by atoms with Crippen molar-refractivity contribution in [2.45, 2.75) is 46.6 Å². The van der Waals surface area contributed by atoms with E-state index in [0.29, 0.717) is 0 Å². The lowest BCUT2D eigenvalue weighted by Crippen LogP contribution is -2.50. The Bertz CT molecular complexity index is 425. The van der Waals surface area contributed by atoms with E-state index in [1.165, 1.54) is 4.88 Å². The molecular weight excluding hydrogens is 232 g/mol. The molecule has 17 heavy (non-hydrogen) atoms. The number of aromatic nitrogens is 1. The number of nitrogens with zero attached hydrogens (tertiary/aromatic N) is 2. The summed E-state index contributed by atoms with van der Waals surface area (Å²) in [4.78, 5) is 20.0. The number of carbonyl (C=O) groups excluding carboxylic acids is 1. The van der Waals surface area contributed by atoms with E-state index in [9.17, 15) is 4.79 Å². The third-order valence-corrected chi connectivity index (χ3v) is 4.68. The van der Waals surface area contributed by atoms with Crippen molar-refractivity contribution in [1.82, 2.24) is 9.88 Å². The van der Waals surface area contributed by atoms with Crippen molar-refractivity contribution in [2.75, 3.05) is 6.54 Å². The highest BCUT2D eigenvalue weighted by atomic mass is 32.1. The van der Waals surface area contributed by atoms with E-state index in [0.717, 1.165) is 24.4 Å². The summed E-state index contributed by atoms with van der Waals surface area (Å²) in [7, 11) is 0. The summed E-state index contributed by atoms with van der Waals surface area (Å²) in [6.45, 7) is 9.06. The average molecular weight is 252 g/mol. The molecule has 94 valence electrons. The zero-order chi connectivity index (χ0) is 12.6. The molecule has 1 atom stereocenters. The largest absolute Gasteiger partial charge is 0.333 e. The Morgan fingerprint density at radius 2 is 2.35 bits per heavy atom. The lowest BCUT2D eigenvalue weighted by molar-refractivity contribution is -0.149. The summed E-state index contributed by atoms with van der Waals surface area (Å²) in [5, 5.41) is 1.09. The minimum absolute atomic E-state index is 0.229. The Kier molecular flexibility index (Phi) is 3.25. The van der Waals surface area contributed by atoms with Gasteiger partial charge in [0.15, 0.2) is 0 Å². The molecule has 1 aliphatic heterocycles. The Balaban J connectivity index is 2.12. The van der Waals surface area contributed by atoms with Crippen LogP contribution in [-0.2, 0) is 4.79 Å². The van der Waals surface area contributed by atoms with E-state index in [4.69, 9.17) is 0 Å². The van der Waals surface area contributed by atoms with Gasteiger partial charge < -0.3 is 4.90 Å². The maximum absolute atomic E-state index is 12.4. The molecular formula is C13H20N2OS. The number of rotatable bonds is 3. The molecule has 1 saturated heterocycles. The number of hydrogen-bond donors (Lipinski definition) is 0. The topological polar surface area (TPSA) is 33.2 Å². The molecule has 1 unspecified atom stereocenters. The molecule has 2 heterocycles. The molecule has 1 aromatic heterocycles. The third-order valence-electron chi connectivity index (χ3n) is 3.67. The average Bonchev–Trinajstić information content (AvgIpc) is 2.63. The summed E-state index contributed by atoms with van der Waals surface area (Å²) in [6, 6.07) is 0.229.